The van der Waals surface area contributed by atoms with Gasteiger partial charge in [0.1, 0.15) is 7.05 Å². The van der Waals surface area contributed by atoms with Crippen LogP contribution in [0.4, 0.5) is 0 Å². The molecule has 2 heteroatoms. The van der Waals surface area contributed by atoms with Crippen molar-refractivity contribution in [1.82, 2.24) is 4.57 Å². The summed E-state index contributed by atoms with van der Waals surface area (Å²) in [5.41, 5.74) is 9.01. The van der Waals surface area contributed by atoms with Gasteiger partial charge >= 0.3 is 0 Å². The average molecular weight is 366 g/mol. The first-order valence-electron chi connectivity index (χ1n) is 9.82. The summed E-state index contributed by atoms with van der Waals surface area (Å²) in [4.78, 5) is 0. The average Bonchev–Trinajstić information content (AvgIpc) is 2.91. The lowest BCUT2D eigenvalue weighted by Gasteiger charge is -2.06. The van der Waals surface area contributed by atoms with Crippen LogP contribution in [0.5, 0.6) is 0 Å². The molecule has 0 amide bonds. The van der Waals surface area contributed by atoms with Gasteiger partial charge in [0.25, 0.3) is 0 Å². The first-order chi connectivity index (χ1) is 13.4. The summed E-state index contributed by atoms with van der Waals surface area (Å²) in [6.07, 6.45) is 2.28. The van der Waals surface area contributed by atoms with Crippen LogP contribution in [0.2, 0.25) is 0 Å². The van der Waals surface area contributed by atoms with Crippen molar-refractivity contribution in [3.63, 3.8) is 0 Å². The van der Waals surface area contributed by atoms with E-state index in [0.29, 0.717) is 0 Å². The maximum absolute atomic E-state index is 2.34. The van der Waals surface area contributed by atoms with Gasteiger partial charge in [0.2, 0.25) is 5.69 Å². The second-order valence-corrected chi connectivity index (χ2v) is 8.17. The van der Waals surface area contributed by atoms with Crippen molar-refractivity contribution in [2.45, 2.75) is 20.8 Å². The van der Waals surface area contributed by atoms with Gasteiger partial charge in [0.15, 0.2) is 6.20 Å². The zero-order chi connectivity index (χ0) is 19.6. The van der Waals surface area contributed by atoms with E-state index in [4.69, 9.17) is 0 Å². The van der Waals surface area contributed by atoms with E-state index >= 15 is 0 Å². The monoisotopic (exact) mass is 365 g/mol. The summed E-state index contributed by atoms with van der Waals surface area (Å²) in [7, 11) is 4.33. The van der Waals surface area contributed by atoms with Crippen molar-refractivity contribution >= 4 is 32.6 Å². The van der Waals surface area contributed by atoms with Gasteiger partial charge in [-0.05, 0) is 55.3 Å². The second kappa shape index (κ2) is 5.93. The molecular formula is C26H25N2+. The summed E-state index contributed by atoms with van der Waals surface area (Å²) in [6.45, 7) is 6.50. The molecule has 138 valence electrons. The third-order valence-electron chi connectivity index (χ3n) is 6.03. The third kappa shape index (κ3) is 2.45. The van der Waals surface area contributed by atoms with E-state index in [1.807, 2.05) is 0 Å². The standard InChI is InChI=1S/C26H25N2/c1-16-7-9-21(18(3)10-16)24-14-26-23(15-27(24)4)22-12-19-8-6-17(2)11-20(19)13-25(22)28(26)5/h6-15H,1-5H3/q+1. The van der Waals surface area contributed by atoms with Crippen LogP contribution >= 0.6 is 0 Å². The molecule has 0 unspecified atom stereocenters. The highest BCUT2D eigenvalue weighted by molar-refractivity contribution is 6.12. The summed E-state index contributed by atoms with van der Waals surface area (Å²) >= 11 is 0. The second-order valence-electron chi connectivity index (χ2n) is 8.17. The number of pyridine rings is 1. The molecule has 2 nitrogen and oxygen atoms in total. The Kier molecular flexibility index (Phi) is 3.60. The molecule has 2 heterocycles. The predicted molar refractivity (Wildman–Crippen MR) is 119 cm³/mol. The zero-order valence-corrected chi connectivity index (χ0v) is 17.2. The van der Waals surface area contributed by atoms with Crippen LogP contribution < -0.4 is 4.57 Å². The Morgan fingerprint density at radius 2 is 1.43 bits per heavy atom. The SMILES string of the molecule is Cc1ccc(-c2cc3c(c[n+]2C)c2cc4ccc(C)cc4cc2n3C)c(C)c1. The van der Waals surface area contributed by atoms with Gasteiger partial charge in [-0.25, -0.2) is 4.57 Å². The molecule has 0 bridgehead atoms. The lowest BCUT2D eigenvalue weighted by atomic mass is 10.0. The van der Waals surface area contributed by atoms with Crippen molar-refractivity contribution < 1.29 is 4.57 Å². The molecule has 3 aromatic carbocycles. The van der Waals surface area contributed by atoms with E-state index in [2.05, 4.69) is 105 Å². The fourth-order valence-corrected chi connectivity index (χ4v) is 4.52. The highest BCUT2D eigenvalue weighted by atomic mass is 15.0. The fraction of sp³-hybridized carbons (Fsp3) is 0.192. The molecule has 0 aliphatic rings. The molecule has 0 saturated carbocycles. The van der Waals surface area contributed by atoms with Gasteiger partial charge in [-0.3, -0.25) is 0 Å². The van der Waals surface area contributed by atoms with Crippen LogP contribution in [0.3, 0.4) is 0 Å². The Morgan fingerprint density at radius 3 is 2.21 bits per heavy atom. The van der Waals surface area contributed by atoms with E-state index in [9.17, 15) is 0 Å². The largest absolute Gasteiger partial charge is 0.343 e. The van der Waals surface area contributed by atoms with Gasteiger partial charge in [-0.15, -0.1) is 0 Å². The molecule has 0 spiro atoms. The number of hydrogen-bond acceptors (Lipinski definition) is 0. The van der Waals surface area contributed by atoms with Crippen molar-refractivity contribution in [2.75, 3.05) is 0 Å². The first kappa shape index (κ1) is 17.0. The fourth-order valence-electron chi connectivity index (χ4n) is 4.52. The molecule has 0 aliphatic heterocycles. The third-order valence-corrected chi connectivity index (χ3v) is 6.03. The molecule has 5 rings (SSSR count). The maximum atomic E-state index is 2.34. The van der Waals surface area contributed by atoms with Gasteiger partial charge in [-0.1, -0.05) is 41.5 Å². The molecule has 0 saturated heterocycles. The minimum Gasteiger partial charge on any atom is -0.343 e. The minimum atomic E-state index is 1.25. The van der Waals surface area contributed by atoms with Crippen LogP contribution in [-0.4, -0.2) is 4.57 Å². The van der Waals surface area contributed by atoms with Gasteiger partial charge in [0, 0.05) is 29.6 Å². The molecule has 5 aromatic rings. The number of hydrogen-bond donors (Lipinski definition) is 0. The summed E-state index contributed by atoms with van der Waals surface area (Å²) in [6, 6.07) is 20.4. The van der Waals surface area contributed by atoms with Crippen LogP contribution in [0, 0.1) is 20.8 Å². The predicted octanol–water partition coefficient (Wildman–Crippen LogP) is 5.90. The molecule has 0 N–H and O–H groups in total. The van der Waals surface area contributed by atoms with E-state index in [0.717, 1.165) is 0 Å². The Labute approximate surface area is 165 Å². The van der Waals surface area contributed by atoms with E-state index in [1.54, 1.807) is 0 Å². The Hall–Kier alpha value is -3.13. The molecule has 0 atom stereocenters. The van der Waals surface area contributed by atoms with Crippen LogP contribution in [0.25, 0.3) is 43.8 Å². The lowest BCUT2D eigenvalue weighted by molar-refractivity contribution is -0.659. The summed E-state index contributed by atoms with van der Waals surface area (Å²) < 4.78 is 4.60. The topological polar surface area (TPSA) is 8.81 Å². The van der Waals surface area contributed by atoms with E-state index < -0.39 is 0 Å². The molecule has 0 aliphatic carbocycles. The van der Waals surface area contributed by atoms with Crippen LogP contribution in [-0.2, 0) is 14.1 Å². The van der Waals surface area contributed by atoms with Gasteiger partial charge < -0.3 is 4.57 Å². The number of fused-ring (bicyclic) bond motifs is 4. The molecule has 2 aromatic heterocycles. The molecule has 0 radical (unpaired) electrons. The quantitative estimate of drug-likeness (QED) is 0.327. The smallest absolute Gasteiger partial charge is 0.214 e. The number of aromatic nitrogens is 2. The Balaban J connectivity index is 1.85. The molecule has 28 heavy (non-hydrogen) atoms. The van der Waals surface area contributed by atoms with Crippen LogP contribution in [0.1, 0.15) is 16.7 Å². The number of rotatable bonds is 1. The Morgan fingerprint density at radius 1 is 0.714 bits per heavy atom. The van der Waals surface area contributed by atoms with Gasteiger partial charge in [-0.2, -0.15) is 0 Å². The highest BCUT2D eigenvalue weighted by Crippen LogP contribution is 2.33. The normalized spacial score (nSPS) is 11.8. The van der Waals surface area contributed by atoms with Crippen LogP contribution in [0.15, 0.2) is 60.8 Å². The number of benzene rings is 3. The van der Waals surface area contributed by atoms with Crippen molar-refractivity contribution in [2.24, 2.45) is 14.1 Å². The van der Waals surface area contributed by atoms with E-state index in [1.165, 1.54) is 60.5 Å². The number of nitrogens with zero attached hydrogens (tertiary/aromatic N) is 2. The lowest BCUT2D eigenvalue weighted by Crippen LogP contribution is -2.30. The molecular weight excluding hydrogens is 340 g/mol. The number of aryl methyl sites for hydroxylation is 5. The Bertz CT molecular complexity index is 1400. The minimum absolute atomic E-state index is 1.25. The van der Waals surface area contributed by atoms with E-state index in [-0.39, 0.29) is 0 Å². The van der Waals surface area contributed by atoms with Crippen molar-refractivity contribution in [3.8, 4) is 11.3 Å². The van der Waals surface area contributed by atoms with Crippen molar-refractivity contribution in [3.05, 3.63) is 77.5 Å². The summed E-state index contributed by atoms with van der Waals surface area (Å²) in [5, 5.41) is 5.22. The van der Waals surface area contributed by atoms with Gasteiger partial charge in [0.05, 0.1) is 10.9 Å². The van der Waals surface area contributed by atoms with Crippen molar-refractivity contribution in [1.29, 1.82) is 0 Å². The first-order valence-corrected chi connectivity index (χ1v) is 9.82. The highest BCUT2D eigenvalue weighted by Gasteiger charge is 2.19. The summed E-state index contributed by atoms with van der Waals surface area (Å²) in [5.74, 6) is 0. The molecule has 0 fully saturated rings. The zero-order valence-electron chi connectivity index (χ0n) is 17.2. The maximum Gasteiger partial charge on any atom is 0.214 e.